The van der Waals surface area contributed by atoms with E-state index >= 15 is 0 Å². The molecule has 0 aromatic carbocycles. The molecule has 300 valence electrons. The molecule has 0 aromatic rings. The van der Waals surface area contributed by atoms with Crippen molar-refractivity contribution in [3.05, 3.63) is 23.3 Å². The van der Waals surface area contributed by atoms with Crippen LogP contribution in [0, 0.1) is 34.5 Å². The zero-order chi connectivity index (χ0) is 38.7. The second kappa shape index (κ2) is 23.7. The molecule has 1 saturated carbocycles. The minimum atomic E-state index is -0.379. The number of rotatable bonds is 21. The lowest BCUT2D eigenvalue weighted by atomic mass is 9.64. The molecule has 1 heterocycles. The normalized spacial score (nSPS) is 27.7. The van der Waals surface area contributed by atoms with E-state index in [1.54, 1.807) is 0 Å². The van der Waals surface area contributed by atoms with E-state index < -0.39 is 0 Å². The third-order valence-electron chi connectivity index (χ3n) is 12.9. The summed E-state index contributed by atoms with van der Waals surface area (Å²) in [7, 11) is 0. The van der Waals surface area contributed by atoms with Crippen LogP contribution < -0.4 is 0 Å². The minimum Gasteiger partial charge on any atom is -0.466 e. The van der Waals surface area contributed by atoms with Gasteiger partial charge in [0, 0.05) is 37.7 Å². The average Bonchev–Trinajstić information content (AvgIpc) is 3.24. The molecule has 0 amide bonds. The summed E-state index contributed by atoms with van der Waals surface area (Å²) >= 11 is 0. The van der Waals surface area contributed by atoms with Crippen LogP contribution in [-0.2, 0) is 33.3 Å². The highest BCUT2D eigenvalue weighted by Crippen LogP contribution is 2.58. The number of unbranched alkanes of at least 4 members (excludes halogenated alkanes) is 3. The monoisotopic (exact) mass is 731 g/mol. The van der Waals surface area contributed by atoms with Gasteiger partial charge in [-0.25, -0.2) is 0 Å². The highest BCUT2D eigenvalue weighted by Gasteiger charge is 2.56. The van der Waals surface area contributed by atoms with Gasteiger partial charge in [0.2, 0.25) is 0 Å². The first-order valence-electron chi connectivity index (χ1n) is 21.0. The molecule has 0 N–H and O–H groups in total. The van der Waals surface area contributed by atoms with Gasteiger partial charge in [-0.15, -0.1) is 0 Å². The third kappa shape index (κ3) is 15.8. The highest BCUT2D eigenvalue weighted by molar-refractivity contribution is 5.79. The summed E-state index contributed by atoms with van der Waals surface area (Å²) in [5.41, 5.74) is 2.84. The smallest absolute Gasteiger partial charge is 0.306 e. The summed E-state index contributed by atoms with van der Waals surface area (Å²) in [4.78, 5) is 37.5. The van der Waals surface area contributed by atoms with Crippen molar-refractivity contribution < 1.29 is 33.3 Å². The fraction of sp³-hybridized carbons (Fsp3) is 0.844. The van der Waals surface area contributed by atoms with Gasteiger partial charge in [-0.3, -0.25) is 14.4 Å². The van der Waals surface area contributed by atoms with Gasteiger partial charge in [0.05, 0.1) is 19.6 Å². The lowest BCUT2D eigenvalue weighted by Gasteiger charge is -2.42. The summed E-state index contributed by atoms with van der Waals surface area (Å²) in [6, 6.07) is 0. The van der Waals surface area contributed by atoms with Crippen LogP contribution in [-0.4, -0.2) is 49.9 Å². The van der Waals surface area contributed by atoms with Crippen LogP contribution in [0.15, 0.2) is 23.3 Å². The van der Waals surface area contributed by atoms with Crippen molar-refractivity contribution in [2.24, 2.45) is 34.5 Å². The summed E-state index contributed by atoms with van der Waals surface area (Å²) in [5.74, 6) is 2.08. The summed E-state index contributed by atoms with van der Waals surface area (Å²) in [6.45, 7) is 24.0. The van der Waals surface area contributed by atoms with E-state index in [0.29, 0.717) is 75.6 Å². The van der Waals surface area contributed by atoms with Crippen LogP contribution in [0.25, 0.3) is 0 Å². The Morgan fingerprint density at radius 3 is 2.08 bits per heavy atom. The van der Waals surface area contributed by atoms with E-state index in [1.165, 1.54) is 17.6 Å². The predicted molar refractivity (Wildman–Crippen MR) is 212 cm³/mol. The van der Waals surface area contributed by atoms with Gasteiger partial charge in [-0.2, -0.15) is 0 Å². The number of carbonyl (C=O) groups is 3. The first-order chi connectivity index (χ1) is 24.6. The fourth-order valence-electron chi connectivity index (χ4n) is 8.51. The van der Waals surface area contributed by atoms with E-state index in [2.05, 4.69) is 81.4 Å². The van der Waals surface area contributed by atoms with Crippen molar-refractivity contribution in [1.82, 2.24) is 0 Å². The van der Waals surface area contributed by atoms with E-state index in [9.17, 15) is 14.4 Å². The molecule has 2 rings (SSSR count). The first kappa shape index (κ1) is 46.2. The molecule has 7 atom stereocenters. The second-order valence-corrected chi connectivity index (χ2v) is 17.4. The molecule has 6 unspecified atom stereocenters. The Morgan fingerprint density at radius 1 is 0.769 bits per heavy atom. The Hall–Kier alpha value is -1.99. The van der Waals surface area contributed by atoms with Crippen molar-refractivity contribution in [3.63, 3.8) is 0 Å². The lowest BCUT2D eigenvalue weighted by molar-refractivity contribution is -0.164. The Morgan fingerprint density at radius 2 is 1.42 bits per heavy atom. The van der Waals surface area contributed by atoms with Crippen LogP contribution >= 0.6 is 0 Å². The average molecular weight is 731 g/mol. The van der Waals surface area contributed by atoms with Crippen LogP contribution in [0.4, 0.5) is 0 Å². The van der Waals surface area contributed by atoms with E-state index in [-0.39, 0.29) is 47.4 Å². The van der Waals surface area contributed by atoms with E-state index in [1.807, 2.05) is 0 Å². The highest BCUT2D eigenvalue weighted by atomic mass is 16.7. The standard InChI is InChI=1S/C45H78O7/c1-11-45(10)36(7)32-40(44(45,8)9)52-42(48)22-17-21-38(46)20-14-12-13-15-29-49-41(47)25-26-43-50-30-27-35(6)39(24-23-34(4)5)37(28-31-51-43)19-16-18-33(2)3/h18,23,35-37,39-40,43H,11-17,19-22,24-32H2,1-10H3/t35?,36?,37?,39?,40-,43?,45?/m1/s1. The maximum atomic E-state index is 12.6. The largest absolute Gasteiger partial charge is 0.466 e. The number of ketones is 1. The van der Waals surface area contributed by atoms with Crippen molar-refractivity contribution in [2.75, 3.05) is 19.8 Å². The molecule has 1 aliphatic heterocycles. The summed E-state index contributed by atoms with van der Waals surface area (Å²) in [6.07, 6.45) is 17.7. The van der Waals surface area contributed by atoms with Gasteiger partial charge >= 0.3 is 11.9 Å². The molecule has 0 radical (unpaired) electrons. The molecule has 0 aromatic heterocycles. The van der Waals surface area contributed by atoms with Crippen LogP contribution in [0.5, 0.6) is 0 Å². The second-order valence-electron chi connectivity index (χ2n) is 17.4. The summed E-state index contributed by atoms with van der Waals surface area (Å²) < 4.78 is 23.8. The summed E-state index contributed by atoms with van der Waals surface area (Å²) in [5, 5.41) is 0. The Balaban J connectivity index is 1.59. The SMILES string of the molecule is CCC1(C)C(C)C[C@@H](OC(=O)CCCC(=O)CCCCCCOC(=O)CCC2OCCC(C)C(CC=C(C)C)C(CCC=C(C)C)CCO2)C1(C)C. The number of allylic oxidation sites excluding steroid dienone is 4. The molecule has 1 aliphatic carbocycles. The molecular formula is C45H78O7. The minimum absolute atomic E-state index is 0.0625. The molecule has 52 heavy (non-hydrogen) atoms. The Kier molecular flexibility index (Phi) is 21.1. The van der Waals surface area contributed by atoms with Gasteiger partial charge in [0.25, 0.3) is 0 Å². The molecular weight excluding hydrogens is 652 g/mol. The van der Waals surface area contributed by atoms with Crippen molar-refractivity contribution in [2.45, 2.75) is 191 Å². The van der Waals surface area contributed by atoms with Crippen molar-refractivity contribution in [1.29, 1.82) is 0 Å². The molecule has 0 bridgehead atoms. The molecule has 7 heteroatoms. The molecule has 2 aliphatic rings. The molecule has 2 fully saturated rings. The Bertz CT molecular complexity index is 1130. The van der Waals surface area contributed by atoms with Gasteiger partial charge < -0.3 is 18.9 Å². The lowest BCUT2D eigenvalue weighted by Crippen LogP contribution is -2.40. The van der Waals surface area contributed by atoms with Gasteiger partial charge in [-0.05, 0) is 121 Å². The van der Waals surface area contributed by atoms with Crippen LogP contribution in [0.3, 0.4) is 0 Å². The number of Topliss-reactive ketones (excluding diaryl/α,β-unsaturated/α-hetero) is 1. The molecule has 7 nitrogen and oxygen atoms in total. The number of hydrogen-bond donors (Lipinski definition) is 0. The fourth-order valence-corrected chi connectivity index (χ4v) is 8.51. The Labute approximate surface area is 318 Å². The van der Waals surface area contributed by atoms with Gasteiger partial charge in [-0.1, -0.05) is 77.7 Å². The maximum Gasteiger partial charge on any atom is 0.306 e. The van der Waals surface area contributed by atoms with Gasteiger partial charge in [0.1, 0.15) is 11.9 Å². The number of ether oxygens (including phenoxy) is 4. The molecule has 0 spiro atoms. The first-order valence-corrected chi connectivity index (χ1v) is 21.0. The van der Waals surface area contributed by atoms with Crippen LogP contribution in [0.2, 0.25) is 0 Å². The third-order valence-corrected chi connectivity index (χ3v) is 12.9. The molecule has 1 saturated heterocycles. The number of esters is 2. The van der Waals surface area contributed by atoms with Gasteiger partial charge in [0.15, 0.2) is 6.29 Å². The number of hydrogen-bond acceptors (Lipinski definition) is 7. The van der Waals surface area contributed by atoms with Crippen molar-refractivity contribution >= 4 is 17.7 Å². The van der Waals surface area contributed by atoms with E-state index in [4.69, 9.17) is 18.9 Å². The van der Waals surface area contributed by atoms with E-state index in [0.717, 1.165) is 64.2 Å². The maximum absolute atomic E-state index is 12.6. The van der Waals surface area contributed by atoms with Crippen LogP contribution in [0.1, 0.15) is 178 Å². The topological polar surface area (TPSA) is 88.1 Å². The zero-order valence-corrected chi connectivity index (χ0v) is 35.1. The number of carbonyl (C=O) groups excluding carboxylic acids is 3. The van der Waals surface area contributed by atoms with Crippen molar-refractivity contribution in [3.8, 4) is 0 Å². The zero-order valence-electron chi connectivity index (χ0n) is 35.1. The quantitative estimate of drug-likeness (QED) is 0.0660. The predicted octanol–water partition coefficient (Wildman–Crippen LogP) is 11.5.